The fourth-order valence-electron chi connectivity index (χ4n) is 2.00. The molecule has 0 fully saturated rings. The van der Waals surface area contributed by atoms with Crippen molar-refractivity contribution in [2.24, 2.45) is 0 Å². The molecule has 0 aromatic heterocycles. The van der Waals surface area contributed by atoms with Gasteiger partial charge in [-0.05, 0) is 29.3 Å². The van der Waals surface area contributed by atoms with Crippen LogP contribution in [0.2, 0.25) is 0 Å². The molecule has 0 saturated heterocycles. The lowest BCUT2D eigenvalue weighted by molar-refractivity contribution is 0.284. The maximum Gasteiger partial charge on any atom is 0.185 e. The fourth-order valence-corrected chi connectivity index (χ4v) is 2.52. The average Bonchev–Trinajstić information content (AvgIpc) is 2.58. The number of benzene rings is 2. The minimum absolute atomic E-state index is 0.303. The van der Waals surface area contributed by atoms with Gasteiger partial charge in [-0.2, -0.15) is 5.26 Å². The maximum absolute atomic E-state index is 11.5. The van der Waals surface area contributed by atoms with Gasteiger partial charge in [-0.1, -0.05) is 36.4 Å². The molecule has 0 N–H and O–H groups in total. The van der Waals surface area contributed by atoms with Gasteiger partial charge in [0.2, 0.25) is 0 Å². The van der Waals surface area contributed by atoms with Gasteiger partial charge < -0.3 is 9.47 Å². The zero-order valence-corrected chi connectivity index (χ0v) is 14.2. The number of methoxy groups -OCH3 is 1. The third kappa shape index (κ3) is 4.61. The van der Waals surface area contributed by atoms with Crippen molar-refractivity contribution in [3.05, 3.63) is 64.6 Å². The third-order valence-corrected chi connectivity index (χ3v) is 4.24. The van der Waals surface area contributed by atoms with E-state index in [0.29, 0.717) is 23.7 Å². The van der Waals surface area contributed by atoms with Crippen molar-refractivity contribution in [2.45, 2.75) is 6.61 Å². The molecular formula is C18H17NO4S. The minimum atomic E-state index is -3.56. The molecule has 0 saturated carbocycles. The second-order valence-electron chi connectivity index (χ2n) is 5.08. The highest BCUT2D eigenvalue weighted by Crippen LogP contribution is 2.30. The van der Waals surface area contributed by atoms with E-state index in [0.717, 1.165) is 11.8 Å². The molecule has 0 heterocycles. The lowest BCUT2D eigenvalue weighted by Crippen LogP contribution is -1.99. The molecule has 5 nitrogen and oxygen atoms in total. The van der Waals surface area contributed by atoms with Crippen LogP contribution in [0.25, 0.3) is 6.08 Å². The zero-order valence-electron chi connectivity index (χ0n) is 13.4. The highest BCUT2D eigenvalue weighted by Gasteiger charge is 2.12. The van der Waals surface area contributed by atoms with Crippen molar-refractivity contribution in [3.8, 4) is 17.6 Å². The summed E-state index contributed by atoms with van der Waals surface area (Å²) < 4.78 is 34.0. The van der Waals surface area contributed by atoms with Crippen molar-refractivity contribution < 1.29 is 17.9 Å². The number of sulfone groups is 1. The first-order valence-corrected chi connectivity index (χ1v) is 9.00. The van der Waals surface area contributed by atoms with Crippen LogP contribution < -0.4 is 9.47 Å². The number of rotatable bonds is 6. The Morgan fingerprint density at radius 3 is 2.46 bits per heavy atom. The van der Waals surface area contributed by atoms with Crippen LogP contribution in [0.15, 0.2) is 53.4 Å². The van der Waals surface area contributed by atoms with E-state index < -0.39 is 9.84 Å². The Bertz CT molecular complexity index is 881. The number of ether oxygens (including phenoxy) is 2. The van der Waals surface area contributed by atoms with E-state index in [-0.39, 0.29) is 4.91 Å². The highest BCUT2D eigenvalue weighted by molar-refractivity contribution is 7.95. The first-order chi connectivity index (χ1) is 11.4. The predicted octanol–water partition coefficient (Wildman–Crippen LogP) is 3.18. The summed E-state index contributed by atoms with van der Waals surface area (Å²) in [7, 11) is -2.06. The monoisotopic (exact) mass is 343 g/mol. The maximum atomic E-state index is 11.5. The van der Waals surface area contributed by atoms with Crippen LogP contribution in [0, 0.1) is 11.3 Å². The van der Waals surface area contributed by atoms with Crippen LogP contribution in [-0.4, -0.2) is 21.8 Å². The normalized spacial score (nSPS) is 11.6. The summed E-state index contributed by atoms with van der Waals surface area (Å²) in [5, 5.41) is 8.96. The molecule has 124 valence electrons. The molecule has 2 rings (SSSR count). The summed E-state index contributed by atoms with van der Waals surface area (Å²) in [6.07, 6.45) is 2.30. The van der Waals surface area contributed by atoms with Gasteiger partial charge in [-0.25, -0.2) is 8.42 Å². The smallest absolute Gasteiger partial charge is 0.185 e. The Morgan fingerprint density at radius 2 is 1.88 bits per heavy atom. The van der Waals surface area contributed by atoms with Crippen LogP contribution in [0.1, 0.15) is 11.1 Å². The zero-order chi connectivity index (χ0) is 17.6. The third-order valence-electron chi connectivity index (χ3n) is 3.23. The summed E-state index contributed by atoms with van der Waals surface area (Å²) in [6, 6.07) is 16.4. The summed E-state index contributed by atoms with van der Waals surface area (Å²) in [4.78, 5) is -0.303. The first kappa shape index (κ1) is 17.6. The molecule has 2 aromatic carbocycles. The van der Waals surface area contributed by atoms with Gasteiger partial charge in [0.05, 0.1) is 7.11 Å². The van der Waals surface area contributed by atoms with E-state index in [1.165, 1.54) is 13.2 Å². The molecule has 0 aliphatic heterocycles. The van der Waals surface area contributed by atoms with E-state index in [4.69, 9.17) is 14.7 Å². The molecule has 0 atom stereocenters. The Balaban J connectivity index is 2.25. The lowest BCUT2D eigenvalue weighted by atomic mass is 10.2. The minimum Gasteiger partial charge on any atom is -0.493 e. The molecule has 24 heavy (non-hydrogen) atoms. The lowest BCUT2D eigenvalue weighted by Gasteiger charge is -2.11. The second-order valence-corrected chi connectivity index (χ2v) is 7.06. The standard InChI is InChI=1S/C18H17NO4S/c1-22-18-11-15(10-16(12-19)24(2,20)21)8-9-17(18)23-13-14-6-4-3-5-7-14/h3-11H,13H2,1-2H3/b16-10+. The molecule has 0 spiro atoms. The Labute approximate surface area is 141 Å². The van der Waals surface area contributed by atoms with Crippen LogP contribution in [0.3, 0.4) is 0 Å². The molecular weight excluding hydrogens is 326 g/mol. The van der Waals surface area contributed by atoms with Crippen LogP contribution in [0.5, 0.6) is 11.5 Å². The Morgan fingerprint density at radius 1 is 1.17 bits per heavy atom. The van der Waals surface area contributed by atoms with Crippen molar-refractivity contribution >= 4 is 15.9 Å². The molecule has 2 aromatic rings. The van der Waals surface area contributed by atoms with Crippen molar-refractivity contribution in [3.63, 3.8) is 0 Å². The van der Waals surface area contributed by atoms with E-state index in [1.807, 2.05) is 30.3 Å². The molecule has 0 radical (unpaired) electrons. The second kappa shape index (κ2) is 7.66. The summed E-state index contributed by atoms with van der Waals surface area (Å²) in [5.74, 6) is 1.00. The number of nitrogens with zero attached hydrogens (tertiary/aromatic N) is 1. The van der Waals surface area contributed by atoms with Gasteiger partial charge in [0.1, 0.15) is 17.6 Å². The molecule has 0 unspecified atom stereocenters. The SMILES string of the molecule is COc1cc(/C=C(\C#N)S(C)(=O)=O)ccc1OCc1ccccc1. The molecule has 0 aliphatic rings. The van der Waals surface area contributed by atoms with Gasteiger partial charge in [0, 0.05) is 6.26 Å². The molecule has 0 bridgehead atoms. The van der Waals surface area contributed by atoms with Crippen LogP contribution in [0.4, 0.5) is 0 Å². The highest BCUT2D eigenvalue weighted by atomic mass is 32.2. The number of nitriles is 1. The van der Waals surface area contributed by atoms with Gasteiger partial charge in [0.25, 0.3) is 0 Å². The molecule has 0 amide bonds. The number of hydrogen-bond donors (Lipinski definition) is 0. The van der Waals surface area contributed by atoms with E-state index in [9.17, 15) is 8.42 Å². The van der Waals surface area contributed by atoms with Crippen molar-refractivity contribution in [2.75, 3.05) is 13.4 Å². The van der Waals surface area contributed by atoms with Gasteiger partial charge in [0.15, 0.2) is 21.3 Å². The van der Waals surface area contributed by atoms with Crippen molar-refractivity contribution in [1.29, 1.82) is 5.26 Å². The van der Waals surface area contributed by atoms with Gasteiger partial charge in [-0.15, -0.1) is 0 Å². The number of allylic oxidation sites excluding steroid dienone is 1. The van der Waals surface area contributed by atoms with Gasteiger partial charge >= 0.3 is 0 Å². The largest absolute Gasteiger partial charge is 0.493 e. The van der Waals surface area contributed by atoms with E-state index in [1.54, 1.807) is 24.3 Å². The van der Waals surface area contributed by atoms with Crippen molar-refractivity contribution in [1.82, 2.24) is 0 Å². The average molecular weight is 343 g/mol. The number of hydrogen-bond acceptors (Lipinski definition) is 5. The first-order valence-electron chi connectivity index (χ1n) is 7.10. The predicted molar refractivity (Wildman–Crippen MR) is 92.2 cm³/mol. The van der Waals surface area contributed by atoms with Crippen LogP contribution in [-0.2, 0) is 16.4 Å². The van der Waals surface area contributed by atoms with Crippen LogP contribution >= 0.6 is 0 Å². The molecule has 0 aliphatic carbocycles. The van der Waals surface area contributed by atoms with E-state index >= 15 is 0 Å². The summed E-state index contributed by atoms with van der Waals surface area (Å²) in [6.45, 7) is 0.388. The Kier molecular flexibility index (Phi) is 5.61. The van der Waals surface area contributed by atoms with E-state index in [2.05, 4.69) is 0 Å². The Hall–Kier alpha value is -2.78. The fraction of sp³-hybridized carbons (Fsp3) is 0.167. The topological polar surface area (TPSA) is 76.4 Å². The summed E-state index contributed by atoms with van der Waals surface area (Å²) in [5.41, 5.74) is 1.56. The van der Waals surface area contributed by atoms with Gasteiger partial charge in [-0.3, -0.25) is 0 Å². The quantitative estimate of drug-likeness (QED) is 0.753. The summed E-state index contributed by atoms with van der Waals surface area (Å²) >= 11 is 0. The molecule has 6 heteroatoms.